The number of nitrogens with one attached hydrogen (secondary N) is 1. The molecule has 0 saturated carbocycles. The topological polar surface area (TPSA) is 136 Å². The molecule has 0 unspecified atom stereocenters. The SMILES string of the molecule is NC(=O)CCCNc1ccc(C(=O)O)c([N+](=O)[O-])c1. The van der Waals surface area contributed by atoms with Crippen molar-refractivity contribution in [2.45, 2.75) is 12.8 Å². The summed E-state index contributed by atoms with van der Waals surface area (Å²) in [5.41, 5.74) is 4.54. The second kappa shape index (κ2) is 6.34. The van der Waals surface area contributed by atoms with Crippen molar-refractivity contribution in [1.82, 2.24) is 0 Å². The van der Waals surface area contributed by atoms with E-state index >= 15 is 0 Å². The van der Waals surface area contributed by atoms with E-state index in [1.165, 1.54) is 6.07 Å². The molecule has 0 radical (unpaired) electrons. The van der Waals surface area contributed by atoms with E-state index < -0.39 is 22.5 Å². The van der Waals surface area contributed by atoms with E-state index in [0.717, 1.165) is 12.1 Å². The molecular weight excluding hydrogens is 254 g/mol. The molecule has 0 heterocycles. The number of nitro benzene ring substituents is 1. The van der Waals surface area contributed by atoms with Crippen molar-refractivity contribution in [2.24, 2.45) is 5.73 Å². The summed E-state index contributed by atoms with van der Waals surface area (Å²) in [5, 5.41) is 22.4. The normalized spacial score (nSPS) is 9.89. The number of hydrogen-bond donors (Lipinski definition) is 3. The summed E-state index contributed by atoms with van der Waals surface area (Å²) in [7, 11) is 0. The third kappa shape index (κ3) is 4.26. The number of carbonyl (C=O) groups excluding carboxylic acids is 1. The Morgan fingerprint density at radius 3 is 2.63 bits per heavy atom. The highest BCUT2D eigenvalue weighted by Crippen LogP contribution is 2.23. The highest BCUT2D eigenvalue weighted by Gasteiger charge is 2.19. The van der Waals surface area contributed by atoms with E-state index in [0.29, 0.717) is 18.7 Å². The van der Waals surface area contributed by atoms with Crippen LogP contribution < -0.4 is 11.1 Å². The maximum Gasteiger partial charge on any atom is 0.342 e. The molecule has 0 aliphatic rings. The number of hydrogen-bond acceptors (Lipinski definition) is 5. The van der Waals surface area contributed by atoms with Crippen LogP contribution in [0.25, 0.3) is 0 Å². The van der Waals surface area contributed by atoms with Crippen molar-refractivity contribution in [3.8, 4) is 0 Å². The predicted octanol–water partition coefficient (Wildman–Crippen LogP) is 0.970. The second-order valence-electron chi connectivity index (χ2n) is 3.79. The third-order valence-corrected chi connectivity index (χ3v) is 2.35. The predicted molar refractivity (Wildman–Crippen MR) is 67.0 cm³/mol. The van der Waals surface area contributed by atoms with Gasteiger partial charge in [-0.2, -0.15) is 0 Å². The molecular formula is C11H13N3O5. The Hall–Kier alpha value is -2.64. The van der Waals surface area contributed by atoms with Gasteiger partial charge >= 0.3 is 5.97 Å². The van der Waals surface area contributed by atoms with Crippen LogP contribution in [0.2, 0.25) is 0 Å². The van der Waals surface area contributed by atoms with Crippen LogP contribution in [0.3, 0.4) is 0 Å². The monoisotopic (exact) mass is 267 g/mol. The molecule has 0 spiro atoms. The van der Waals surface area contributed by atoms with Gasteiger partial charge in [0.05, 0.1) is 4.92 Å². The zero-order valence-electron chi connectivity index (χ0n) is 9.96. The van der Waals surface area contributed by atoms with Crippen LogP contribution in [0.1, 0.15) is 23.2 Å². The summed E-state index contributed by atoms with van der Waals surface area (Å²) >= 11 is 0. The lowest BCUT2D eigenvalue weighted by atomic mass is 10.1. The van der Waals surface area contributed by atoms with Crippen molar-refractivity contribution in [1.29, 1.82) is 0 Å². The van der Waals surface area contributed by atoms with Gasteiger partial charge in [0.25, 0.3) is 5.69 Å². The lowest BCUT2D eigenvalue weighted by molar-refractivity contribution is -0.385. The lowest BCUT2D eigenvalue weighted by Crippen LogP contribution is -2.12. The quantitative estimate of drug-likeness (QED) is 0.382. The van der Waals surface area contributed by atoms with Crippen molar-refractivity contribution in [2.75, 3.05) is 11.9 Å². The van der Waals surface area contributed by atoms with Gasteiger partial charge in [0, 0.05) is 24.7 Å². The number of benzene rings is 1. The lowest BCUT2D eigenvalue weighted by Gasteiger charge is -2.06. The third-order valence-electron chi connectivity index (χ3n) is 2.35. The first-order valence-corrected chi connectivity index (χ1v) is 5.45. The molecule has 0 aliphatic carbocycles. The van der Waals surface area contributed by atoms with Crippen molar-refractivity contribution < 1.29 is 19.6 Å². The molecule has 1 amide bonds. The zero-order valence-corrected chi connectivity index (χ0v) is 9.96. The summed E-state index contributed by atoms with van der Waals surface area (Å²) in [4.78, 5) is 31.3. The molecule has 0 fully saturated rings. The standard InChI is InChI=1S/C11H13N3O5/c12-10(15)2-1-5-13-7-3-4-8(11(16)17)9(6-7)14(18)19/h3-4,6,13H,1-2,5H2,(H2,12,15)(H,16,17). The maximum absolute atomic E-state index is 10.8. The van der Waals surface area contributed by atoms with Gasteiger partial charge in [-0.3, -0.25) is 14.9 Å². The van der Waals surface area contributed by atoms with Gasteiger partial charge in [-0.1, -0.05) is 0 Å². The second-order valence-corrected chi connectivity index (χ2v) is 3.79. The summed E-state index contributed by atoms with van der Waals surface area (Å²) in [6, 6.07) is 3.74. The number of anilines is 1. The zero-order chi connectivity index (χ0) is 14.4. The van der Waals surface area contributed by atoms with Crippen LogP contribution in [0, 0.1) is 10.1 Å². The molecule has 0 atom stereocenters. The Bertz CT molecular complexity index is 515. The Morgan fingerprint density at radius 2 is 2.11 bits per heavy atom. The molecule has 4 N–H and O–H groups in total. The molecule has 1 rings (SSSR count). The highest BCUT2D eigenvalue weighted by molar-refractivity contribution is 5.93. The van der Waals surface area contributed by atoms with Gasteiger partial charge in [-0.05, 0) is 18.6 Å². The Kier molecular flexibility index (Phi) is 4.81. The Balaban J connectivity index is 2.76. The minimum absolute atomic E-state index is 0.211. The number of nitrogens with zero attached hydrogens (tertiary/aromatic N) is 1. The first kappa shape index (κ1) is 14.4. The minimum atomic E-state index is -1.35. The largest absolute Gasteiger partial charge is 0.477 e. The van der Waals surface area contributed by atoms with E-state index in [1.54, 1.807) is 0 Å². The first-order chi connectivity index (χ1) is 8.91. The fraction of sp³-hybridized carbons (Fsp3) is 0.273. The summed E-state index contributed by atoms with van der Waals surface area (Å²) in [6.07, 6.45) is 0.701. The van der Waals surface area contributed by atoms with Crippen LogP contribution in [-0.4, -0.2) is 28.5 Å². The molecule has 0 aliphatic heterocycles. The van der Waals surface area contributed by atoms with Gasteiger partial charge in [-0.15, -0.1) is 0 Å². The van der Waals surface area contributed by atoms with Gasteiger partial charge < -0.3 is 16.2 Å². The fourth-order valence-electron chi connectivity index (χ4n) is 1.47. The Labute approximate surface area is 108 Å². The van der Waals surface area contributed by atoms with Crippen LogP contribution in [0.5, 0.6) is 0 Å². The van der Waals surface area contributed by atoms with Gasteiger partial charge in [0.15, 0.2) is 0 Å². The maximum atomic E-state index is 10.8. The molecule has 19 heavy (non-hydrogen) atoms. The molecule has 0 saturated heterocycles. The minimum Gasteiger partial charge on any atom is -0.477 e. The van der Waals surface area contributed by atoms with E-state index in [-0.39, 0.29) is 12.0 Å². The van der Waals surface area contributed by atoms with Crippen LogP contribution in [-0.2, 0) is 4.79 Å². The van der Waals surface area contributed by atoms with E-state index in [9.17, 15) is 19.7 Å². The first-order valence-electron chi connectivity index (χ1n) is 5.45. The van der Waals surface area contributed by atoms with Crippen molar-refractivity contribution >= 4 is 23.3 Å². The smallest absolute Gasteiger partial charge is 0.342 e. The van der Waals surface area contributed by atoms with E-state index in [2.05, 4.69) is 5.32 Å². The fourth-order valence-corrected chi connectivity index (χ4v) is 1.47. The number of nitro groups is 1. The number of amides is 1. The van der Waals surface area contributed by atoms with E-state index in [1.807, 2.05) is 0 Å². The molecule has 8 nitrogen and oxygen atoms in total. The summed E-state index contributed by atoms with van der Waals surface area (Å²) in [6.45, 7) is 0.409. The number of carbonyl (C=O) groups is 2. The van der Waals surface area contributed by atoms with Crippen molar-refractivity contribution in [3.63, 3.8) is 0 Å². The van der Waals surface area contributed by atoms with Gasteiger partial charge in [0.1, 0.15) is 5.56 Å². The molecule has 8 heteroatoms. The summed E-state index contributed by atoms with van der Waals surface area (Å²) < 4.78 is 0. The van der Waals surface area contributed by atoms with E-state index in [4.69, 9.17) is 10.8 Å². The molecule has 0 aromatic heterocycles. The van der Waals surface area contributed by atoms with Gasteiger partial charge in [-0.25, -0.2) is 4.79 Å². The average molecular weight is 267 g/mol. The molecule has 102 valence electrons. The highest BCUT2D eigenvalue weighted by atomic mass is 16.6. The average Bonchev–Trinajstić information content (AvgIpc) is 2.33. The number of primary amides is 1. The van der Waals surface area contributed by atoms with Crippen LogP contribution in [0.15, 0.2) is 18.2 Å². The molecule has 1 aromatic rings. The summed E-state index contributed by atoms with van der Waals surface area (Å²) in [5.74, 6) is -1.78. The Morgan fingerprint density at radius 1 is 1.42 bits per heavy atom. The van der Waals surface area contributed by atoms with Gasteiger partial charge in [0.2, 0.25) is 5.91 Å². The molecule has 0 bridgehead atoms. The van der Waals surface area contributed by atoms with Crippen molar-refractivity contribution in [3.05, 3.63) is 33.9 Å². The number of aromatic carboxylic acids is 1. The van der Waals surface area contributed by atoms with Crippen LogP contribution in [0.4, 0.5) is 11.4 Å². The molecule has 1 aromatic carbocycles. The van der Waals surface area contributed by atoms with Crippen LogP contribution >= 0.6 is 0 Å². The number of nitrogens with two attached hydrogens (primary N) is 1. The number of rotatable bonds is 7. The number of carboxylic acid groups (broad SMARTS) is 1. The number of carboxylic acids is 1.